The summed E-state index contributed by atoms with van der Waals surface area (Å²) in [6, 6.07) is 51.3. The lowest BCUT2D eigenvalue weighted by Crippen LogP contribution is -2.29. The molecule has 5 N–H and O–H groups in total. The summed E-state index contributed by atoms with van der Waals surface area (Å²) >= 11 is 43.5. The molecule has 5 heterocycles. The Hall–Kier alpha value is -10.0. The summed E-state index contributed by atoms with van der Waals surface area (Å²) in [5, 5.41) is 25.1. The highest BCUT2D eigenvalue weighted by Crippen LogP contribution is 2.38. The number of halogens is 7. The number of hydrogen-bond donors (Lipinski definition) is 4. The molecule has 0 aliphatic carbocycles. The topological polar surface area (TPSA) is 352 Å². The highest BCUT2D eigenvalue weighted by Gasteiger charge is 2.20. The van der Waals surface area contributed by atoms with E-state index in [0.717, 1.165) is 57.2 Å². The average Bonchev–Trinajstić information content (AvgIpc) is 0.822. The molecule has 648 valence electrons. The largest absolute Gasteiger partial charge is 0.493 e. The van der Waals surface area contributed by atoms with Crippen molar-refractivity contribution in [2.24, 2.45) is 5.73 Å². The van der Waals surface area contributed by atoms with Gasteiger partial charge in [-0.05, 0) is 165 Å². The molecular formula is C83H90BCl7N12O16S3. The Morgan fingerprint density at radius 3 is 1.05 bits per heavy atom. The summed E-state index contributed by atoms with van der Waals surface area (Å²) in [6.07, 6.45) is 6.54. The van der Waals surface area contributed by atoms with Gasteiger partial charge >= 0.3 is 19.1 Å². The van der Waals surface area contributed by atoms with Crippen molar-refractivity contribution in [3.05, 3.63) is 217 Å². The minimum absolute atomic E-state index is 0.0511. The number of rotatable bonds is 26. The molecule has 0 saturated heterocycles. The van der Waals surface area contributed by atoms with E-state index in [0.29, 0.717) is 123 Å². The van der Waals surface area contributed by atoms with Crippen molar-refractivity contribution >= 4 is 133 Å². The summed E-state index contributed by atoms with van der Waals surface area (Å²) in [5.41, 5.74) is 14.2. The molecule has 7 aromatic carbocycles. The number of methoxy groups -OCH3 is 12. The highest BCUT2D eigenvalue weighted by atomic mass is 35.5. The number of nitrogens with two attached hydrogens (primary N) is 1. The normalized spacial score (nSPS) is 10.9. The SMILES string of the molecule is CC(N)Cc1ccc(Cl)cc1.COc1ccc(-c2cc(Cl)nc(S(C)(=O)=O)n2)cc1OC.COc1ccc(-c2cc(Cl)nc(SC)n2)cc1OC.COc1ccc(B(O)O)cc1OC.COc1nc(Cl)cc(-c2ccc(OC)c(OC)c2)n1.COc1nc(NC(C)Cc2ccc(Cl)cc2)cc(-c2ccc(OC)c(OC)c2)n1.CSc1nc(Cl)cc(Cl)n1. The van der Waals surface area contributed by atoms with Crippen LogP contribution in [-0.2, 0) is 22.7 Å². The summed E-state index contributed by atoms with van der Waals surface area (Å²) in [5.74, 6) is 6.68. The maximum absolute atomic E-state index is 11.6. The van der Waals surface area contributed by atoms with E-state index >= 15 is 0 Å². The average molecular weight is 1870 g/mol. The standard InChI is InChI=1S/C22H24ClN3O3.C13H13ClN2O4S.C13H13ClN2O3.C13H13ClN2O2S.C9H12ClN.C8H11BO4.C5H4Cl2N2S/c1-14(11-15-5-8-17(23)9-6-15)24-21-13-18(25-22(26-21)29-4)16-7-10-19(27-2)20(12-16)28-3;1-19-10-5-4-8(6-11(10)20-2)9-7-12(14)16-13(15-9)21(3,17)18;2*1-17-10-5-4-8(6-11(10)18-2)9-7-12(14)16-13(15-9)19-3;1-7(11)6-8-2-4-9(10)5-3-8;1-12-7-4-3-6(9(10)11)5-8(7)13-2;1-10-5-8-3(6)2-4(7)9-5/h5-10,12-14H,11H2,1-4H3,(H,24,25,26);4-7H,1-3H3;2*4-7H,1-3H3;2-5,7H,6,11H2,1H3;3-5,10-11H,1-2H3;2H,1H3. The number of ether oxygens (including phenoxy) is 12. The van der Waals surface area contributed by atoms with Crippen LogP contribution in [0.15, 0.2) is 185 Å². The van der Waals surface area contributed by atoms with E-state index in [4.69, 9.17) is 154 Å². The Bertz CT molecular complexity index is 5350. The molecule has 5 aromatic heterocycles. The zero-order valence-electron chi connectivity index (χ0n) is 69.3. The zero-order chi connectivity index (χ0) is 89.8. The summed E-state index contributed by atoms with van der Waals surface area (Å²) < 4.78 is 85.4. The van der Waals surface area contributed by atoms with Gasteiger partial charge in [0.2, 0.25) is 15.0 Å². The molecule has 0 amide bonds. The van der Waals surface area contributed by atoms with Crippen molar-refractivity contribution in [2.45, 2.75) is 54.2 Å². The number of anilines is 1. The van der Waals surface area contributed by atoms with E-state index in [2.05, 4.69) is 62.1 Å². The second-order valence-electron chi connectivity index (χ2n) is 24.8. The Labute approximate surface area is 753 Å². The fraction of sp³-hybridized carbons (Fsp3) is 0.253. The predicted molar refractivity (Wildman–Crippen MR) is 486 cm³/mol. The number of thioether (sulfide) groups is 2. The smallest absolute Gasteiger partial charge is 0.488 e. The van der Waals surface area contributed by atoms with Gasteiger partial charge in [-0.15, -0.1) is 0 Å². The fourth-order valence-electron chi connectivity index (χ4n) is 10.4. The first-order chi connectivity index (χ1) is 58.3. The van der Waals surface area contributed by atoms with Gasteiger partial charge in [-0.2, -0.15) is 19.9 Å². The first-order valence-electron chi connectivity index (χ1n) is 35.9. The van der Waals surface area contributed by atoms with Crippen LogP contribution in [0.4, 0.5) is 5.82 Å². The summed E-state index contributed by atoms with van der Waals surface area (Å²) in [7, 11) is 13.6. The number of nitrogens with one attached hydrogen (secondary N) is 1. The molecule has 0 aliphatic rings. The summed E-state index contributed by atoms with van der Waals surface area (Å²) in [6.45, 7) is 4.09. The van der Waals surface area contributed by atoms with Crippen molar-refractivity contribution in [1.29, 1.82) is 0 Å². The molecule has 0 aliphatic heterocycles. The van der Waals surface area contributed by atoms with Crippen LogP contribution in [0.2, 0.25) is 35.8 Å². The van der Waals surface area contributed by atoms with E-state index in [9.17, 15) is 8.42 Å². The number of hydrogen-bond acceptors (Lipinski definition) is 30. The van der Waals surface area contributed by atoms with Crippen LogP contribution in [0.1, 0.15) is 25.0 Å². The molecule has 28 nitrogen and oxygen atoms in total. The van der Waals surface area contributed by atoms with E-state index in [1.165, 1.54) is 88.4 Å². The Morgan fingerprint density at radius 1 is 0.369 bits per heavy atom. The van der Waals surface area contributed by atoms with Gasteiger partial charge in [0.15, 0.2) is 67.8 Å². The minimum atomic E-state index is -3.55. The fourth-order valence-corrected chi connectivity index (χ4v) is 13.2. The van der Waals surface area contributed by atoms with E-state index < -0.39 is 17.0 Å². The lowest BCUT2D eigenvalue weighted by molar-refractivity contribution is 0.355. The maximum Gasteiger partial charge on any atom is 0.488 e. The first-order valence-corrected chi connectivity index (χ1v) is 42.9. The predicted octanol–water partition coefficient (Wildman–Crippen LogP) is 17.6. The van der Waals surface area contributed by atoms with Crippen LogP contribution in [0, 0.1) is 0 Å². The van der Waals surface area contributed by atoms with Crippen LogP contribution < -0.4 is 73.4 Å². The van der Waals surface area contributed by atoms with Gasteiger partial charge < -0.3 is 77.9 Å². The second kappa shape index (κ2) is 51.2. The van der Waals surface area contributed by atoms with Crippen molar-refractivity contribution in [1.82, 2.24) is 49.8 Å². The lowest BCUT2D eigenvalue weighted by atomic mass is 9.80. The molecule has 0 saturated carbocycles. The molecule has 12 rings (SSSR count). The third-order valence-corrected chi connectivity index (χ3v) is 19.6. The molecule has 122 heavy (non-hydrogen) atoms. The molecular weight excluding hydrogens is 1780 g/mol. The van der Waals surface area contributed by atoms with Crippen molar-refractivity contribution in [2.75, 3.05) is 109 Å². The molecule has 39 heteroatoms. The Morgan fingerprint density at radius 2 is 0.689 bits per heavy atom. The number of aromatic nitrogens is 10. The van der Waals surface area contributed by atoms with Gasteiger partial charge in [-0.25, -0.2) is 38.3 Å². The van der Waals surface area contributed by atoms with Crippen molar-refractivity contribution in [3.8, 4) is 115 Å². The number of sulfone groups is 1. The third kappa shape index (κ3) is 32.3. The zero-order valence-corrected chi connectivity index (χ0v) is 77.1. The molecule has 0 spiro atoms. The lowest BCUT2D eigenvalue weighted by Gasteiger charge is -2.16. The molecule has 2 atom stereocenters. The second-order valence-corrected chi connectivity index (χ2v) is 31.1. The van der Waals surface area contributed by atoms with Gasteiger partial charge in [0.25, 0.3) is 0 Å². The molecule has 0 fully saturated rings. The Balaban J connectivity index is 0.000000226. The molecule has 0 radical (unpaired) electrons. The van der Waals surface area contributed by atoms with Gasteiger partial charge in [0, 0.05) is 81.0 Å². The monoisotopic (exact) mass is 1860 g/mol. The van der Waals surface area contributed by atoms with Crippen LogP contribution >= 0.6 is 105 Å². The first kappa shape index (κ1) is 101. The van der Waals surface area contributed by atoms with Crippen molar-refractivity contribution < 1.29 is 75.3 Å². The maximum atomic E-state index is 11.6. The quantitative estimate of drug-likeness (QED) is 0.0169. The van der Waals surface area contributed by atoms with E-state index in [1.807, 2.05) is 123 Å². The van der Waals surface area contributed by atoms with Gasteiger partial charge in [-0.1, -0.05) is 135 Å². The molecule has 2 unspecified atom stereocenters. The van der Waals surface area contributed by atoms with Gasteiger partial charge in [-0.3, -0.25) is 0 Å². The van der Waals surface area contributed by atoms with Crippen LogP contribution in [0.25, 0.3) is 45.0 Å². The Kier molecular flexibility index (Phi) is 42.3. The molecule has 0 bridgehead atoms. The van der Waals surface area contributed by atoms with E-state index in [1.54, 1.807) is 98.3 Å². The van der Waals surface area contributed by atoms with Gasteiger partial charge in [0.05, 0.1) is 108 Å². The van der Waals surface area contributed by atoms with E-state index in [-0.39, 0.29) is 28.4 Å². The van der Waals surface area contributed by atoms with Gasteiger partial charge in [0.1, 0.15) is 31.6 Å². The van der Waals surface area contributed by atoms with Crippen molar-refractivity contribution in [3.63, 3.8) is 0 Å². The number of benzene rings is 7. The van der Waals surface area contributed by atoms with Crippen LogP contribution in [0.3, 0.4) is 0 Å². The third-order valence-electron chi connectivity index (χ3n) is 16.2. The van der Waals surface area contributed by atoms with Crippen LogP contribution in [-0.4, -0.2) is 192 Å². The minimum Gasteiger partial charge on any atom is -0.493 e. The number of nitrogens with zero attached hydrogens (tertiary/aromatic N) is 10. The highest BCUT2D eigenvalue weighted by molar-refractivity contribution is 7.98. The molecule has 12 aromatic rings. The van der Waals surface area contributed by atoms with Crippen LogP contribution in [0.5, 0.6) is 69.5 Å². The summed E-state index contributed by atoms with van der Waals surface area (Å²) in [4.78, 5) is 41.1.